The first-order valence-corrected chi connectivity index (χ1v) is 2.94. The number of nitrogens with two attached hydrogens (primary N) is 1. The number of carbonyl (C=O) groups is 1. The smallest absolute Gasteiger partial charge is 0.245 e. The number of amides is 1. The molecule has 0 aromatic heterocycles. The van der Waals surface area contributed by atoms with Gasteiger partial charge in [0.15, 0.2) is 0 Å². The number of aliphatic hydroxyl groups excluding tert-OH is 1. The fraction of sp³-hybridized carbons (Fsp3) is 0.800. The molecule has 0 fully saturated rings. The molecule has 1 amide bonds. The molecule has 0 heterocycles. The minimum absolute atomic E-state index is 0.174. The van der Waals surface area contributed by atoms with E-state index in [4.69, 9.17) is 10.8 Å². The lowest BCUT2D eigenvalue weighted by atomic mass is 10.4. The zero-order chi connectivity index (χ0) is 7.98. The van der Waals surface area contributed by atoms with E-state index in [1.807, 2.05) is 0 Å². The average Bonchev–Trinajstić information content (AvgIpc) is 1.79. The van der Waals surface area contributed by atoms with Crippen molar-refractivity contribution < 1.29 is 14.7 Å². The Bertz CT molecular complexity index is 105. The van der Waals surface area contributed by atoms with Gasteiger partial charge in [-0.3, -0.25) is 9.63 Å². The van der Waals surface area contributed by atoms with Crippen LogP contribution in [0.4, 0.5) is 0 Å². The molecule has 1 unspecified atom stereocenters. The molecule has 0 rings (SSSR count). The molecule has 1 atom stereocenters. The molecule has 0 aromatic carbocycles. The maximum absolute atomic E-state index is 10.0. The van der Waals surface area contributed by atoms with Gasteiger partial charge in [0.1, 0.15) is 6.61 Å². The summed E-state index contributed by atoms with van der Waals surface area (Å²) < 4.78 is 0. The average molecular weight is 148 g/mol. The molecule has 10 heavy (non-hydrogen) atoms. The van der Waals surface area contributed by atoms with Crippen molar-refractivity contribution in [2.24, 2.45) is 5.73 Å². The highest BCUT2D eigenvalue weighted by Crippen LogP contribution is 1.74. The number of carbonyl (C=O) groups excluding carboxylic acids is 1. The Morgan fingerprint density at radius 1 is 1.90 bits per heavy atom. The van der Waals surface area contributed by atoms with Crippen molar-refractivity contribution in [3.8, 4) is 0 Å². The summed E-state index contributed by atoms with van der Waals surface area (Å²) in [4.78, 5) is 14.6. The third-order valence-corrected chi connectivity index (χ3v) is 0.695. The highest BCUT2D eigenvalue weighted by Gasteiger charge is 1.95. The second-order valence-corrected chi connectivity index (χ2v) is 1.95. The number of aliphatic hydroxyl groups is 1. The molecule has 0 spiro atoms. The molecule has 5 nitrogen and oxygen atoms in total. The Hall–Kier alpha value is -0.650. The standard InChI is InChI=1S/C5H12N2O3/c1-4(8)2-7-10-3-5(6)9/h4,7-8H,2-3H2,1H3,(H2,6,9). The number of hydrogen-bond donors (Lipinski definition) is 3. The number of rotatable bonds is 5. The molecule has 5 heteroatoms. The van der Waals surface area contributed by atoms with Gasteiger partial charge in [-0.05, 0) is 6.92 Å². The molecule has 0 radical (unpaired) electrons. The van der Waals surface area contributed by atoms with Crippen molar-refractivity contribution in [1.29, 1.82) is 0 Å². The van der Waals surface area contributed by atoms with Crippen LogP contribution in [0.1, 0.15) is 6.92 Å². The Morgan fingerprint density at radius 2 is 2.50 bits per heavy atom. The molecule has 0 saturated heterocycles. The summed E-state index contributed by atoms with van der Waals surface area (Å²) in [7, 11) is 0. The molecule has 0 saturated carbocycles. The van der Waals surface area contributed by atoms with Gasteiger partial charge in [-0.15, -0.1) is 0 Å². The van der Waals surface area contributed by atoms with Gasteiger partial charge >= 0.3 is 0 Å². The monoisotopic (exact) mass is 148 g/mol. The van der Waals surface area contributed by atoms with Crippen LogP contribution in [0.25, 0.3) is 0 Å². The summed E-state index contributed by atoms with van der Waals surface area (Å²) in [5, 5.41) is 8.66. The van der Waals surface area contributed by atoms with Crippen LogP contribution >= 0.6 is 0 Å². The van der Waals surface area contributed by atoms with Crippen molar-refractivity contribution in [3.63, 3.8) is 0 Å². The number of nitrogens with one attached hydrogen (secondary N) is 1. The normalized spacial score (nSPS) is 13.0. The van der Waals surface area contributed by atoms with Crippen LogP contribution in [-0.2, 0) is 9.63 Å². The van der Waals surface area contributed by atoms with Crippen molar-refractivity contribution in [2.75, 3.05) is 13.2 Å². The zero-order valence-electron chi connectivity index (χ0n) is 5.83. The predicted molar refractivity (Wildman–Crippen MR) is 34.8 cm³/mol. The van der Waals surface area contributed by atoms with E-state index in [0.717, 1.165) is 0 Å². The molecule has 60 valence electrons. The Balaban J connectivity index is 2.98. The van der Waals surface area contributed by atoms with Gasteiger partial charge in [0.25, 0.3) is 0 Å². The molecular formula is C5H12N2O3. The first kappa shape index (κ1) is 9.35. The maximum atomic E-state index is 10.0. The largest absolute Gasteiger partial charge is 0.392 e. The first-order chi connectivity index (χ1) is 4.63. The van der Waals surface area contributed by atoms with Crippen LogP contribution in [0.2, 0.25) is 0 Å². The third kappa shape index (κ3) is 7.35. The topological polar surface area (TPSA) is 84.6 Å². The van der Waals surface area contributed by atoms with E-state index in [1.165, 1.54) is 0 Å². The summed E-state index contributed by atoms with van der Waals surface area (Å²) >= 11 is 0. The summed E-state index contributed by atoms with van der Waals surface area (Å²) in [6.45, 7) is 1.71. The van der Waals surface area contributed by atoms with E-state index in [9.17, 15) is 4.79 Å². The van der Waals surface area contributed by atoms with E-state index in [0.29, 0.717) is 0 Å². The lowest BCUT2D eigenvalue weighted by molar-refractivity contribution is -0.125. The zero-order valence-corrected chi connectivity index (χ0v) is 5.83. The highest BCUT2D eigenvalue weighted by molar-refractivity contribution is 5.74. The highest BCUT2D eigenvalue weighted by atomic mass is 16.6. The van der Waals surface area contributed by atoms with Crippen LogP contribution < -0.4 is 11.2 Å². The molecular weight excluding hydrogens is 136 g/mol. The van der Waals surface area contributed by atoms with Crippen LogP contribution in [0.15, 0.2) is 0 Å². The summed E-state index contributed by atoms with van der Waals surface area (Å²) in [6, 6.07) is 0. The fourth-order valence-corrected chi connectivity index (χ4v) is 0.302. The fourth-order valence-electron chi connectivity index (χ4n) is 0.302. The molecule has 0 bridgehead atoms. The quantitative estimate of drug-likeness (QED) is 0.323. The molecule has 0 aliphatic heterocycles. The minimum atomic E-state index is -0.543. The number of hydrogen-bond acceptors (Lipinski definition) is 4. The van der Waals surface area contributed by atoms with Gasteiger partial charge in [-0.2, -0.15) is 5.48 Å². The van der Waals surface area contributed by atoms with Crippen molar-refractivity contribution >= 4 is 5.91 Å². The Morgan fingerprint density at radius 3 is 2.90 bits per heavy atom. The summed E-state index contributed by atoms with van der Waals surface area (Å²) in [5.41, 5.74) is 7.11. The van der Waals surface area contributed by atoms with E-state index >= 15 is 0 Å². The first-order valence-electron chi connectivity index (χ1n) is 2.94. The lowest BCUT2D eigenvalue weighted by Gasteiger charge is -2.04. The van der Waals surface area contributed by atoms with Crippen LogP contribution in [0.3, 0.4) is 0 Å². The SMILES string of the molecule is CC(O)CNOCC(N)=O. The second-order valence-electron chi connectivity index (χ2n) is 1.95. The van der Waals surface area contributed by atoms with Crippen LogP contribution in [0, 0.1) is 0 Å². The van der Waals surface area contributed by atoms with Gasteiger partial charge in [-0.25, -0.2) is 0 Å². The molecule has 0 aliphatic carbocycles. The van der Waals surface area contributed by atoms with Crippen molar-refractivity contribution in [1.82, 2.24) is 5.48 Å². The van der Waals surface area contributed by atoms with Crippen molar-refractivity contribution in [3.05, 3.63) is 0 Å². The molecule has 4 N–H and O–H groups in total. The minimum Gasteiger partial charge on any atom is -0.392 e. The van der Waals surface area contributed by atoms with Gasteiger partial charge in [0.05, 0.1) is 6.10 Å². The molecule has 0 aromatic rings. The van der Waals surface area contributed by atoms with Gasteiger partial charge < -0.3 is 10.8 Å². The lowest BCUT2D eigenvalue weighted by Crippen LogP contribution is -2.29. The summed E-state index contributed by atoms with van der Waals surface area (Å²) in [6.07, 6.45) is -0.493. The number of hydroxylamine groups is 1. The van der Waals surface area contributed by atoms with E-state index in [2.05, 4.69) is 10.3 Å². The third-order valence-electron chi connectivity index (χ3n) is 0.695. The molecule has 0 aliphatic rings. The van der Waals surface area contributed by atoms with Crippen molar-refractivity contribution in [2.45, 2.75) is 13.0 Å². The van der Waals surface area contributed by atoms with Gasteiger partial charge in [0, 0.05) is 6.54 Å². The maximum Gasteiger partial charge on any atom is 0.245 e. The Labute approximate surface area is 59.1 Å². The van der Waals surface area contributed by atoms with E-state index in [1.54, 1.807) is 6.92 Å². The van der Waals surface area contributed by atoms with E-state index in [-0.39, 0.29) is 13.2 Å². The predicted octanol–water partition coefficient (Wildman–Crippen LogP) is -1.63. The Kier molecular flexibility index (Phi) is 4.82. The van der Waals surface area contributed by atoms with Crippen LogP contribution in [-0.4, -0.2) is 30.3 Å². The summed E-state index contributed by atoms with van der Waals surface area (Å²) in [5.74, 6) is -0.543. The second kappa shape index (κ2) is 5.16. The van der Waals surface area contributed by atoms with Crippen LogP contribution in [0.5, 0.6) is 0 Å². The van der Waals surface area contributed by atoms with Gasteiger partial charge in [0.2, 0.25) is 5.91 Å². The van der Waals surface area contributed by atoms with Gasteiger partial charge in [-0.1, -0.05) is 0 Å². The number of primary amides is 1. The van der Waals surface area contributed by atoms with E-state index < -0.39 is 12.0 Å².